The number of nitrogens with one attached hydrogen (secondary N) is 1. The first kappa shape index (κ1) is 14.9. The van der Waals surface area contributed by atoms with Gasteiger partial charge in [0.1, 0.15) is 18.1 Å². The van der Waals surface area contributed by atoms with E-state index in [1.165, 1.54) is 0 Å². The van der Waals surface area contributed by atoms with E-state index in [-0.39, 0.29) is 12.5 Å². The monoisotopic (exact) mass is 283 g/mol. The van der Waals surface area contributed by atoms with Crippen molar-refractivity contribution in [1.82, 2.24) is 5.32 Å². The highest BCUT2D eigenvalue weighted by Gasteiger charge is 2.08. The third kappa shape index (κ3) is 4.23. The average Bonchev–Trinajstić information content (AvgIpc) is 2.87. The van der Waals surface area contributed by atoms with Gasteiger partial charge in [0.2, 0.25) is 0 Å². The number of amides is 1. The van der Waals surface area contributed by atoms with E-state index in [1.54, 1.807) is 12.1 Å². The van der Waals surface area contributed by atoms with E-state index in [1.807, 2.05) is 32.0 Å². The average molecular weight is 283 g/mol. The molecule has 108 valence electrons. The summed E-state index contributed by atoms with van der Waals surface area (Å²) in [6.45, 7) is 3.90. The number of hydrogen-bond donors (Lipinski definition) is 2. The number of aliphatic hydroxyl groups is 1. The highest BCUT2D eigenvalue weighted by atomic mass is 16.3. The van der Waals surface area contributed by atoms with Crippen LogP contribution in [0.1, 0.15) is 33.0 Å². The van der Waals surface area contributed by atoms with E-state index in [4.69, 9.17) is 9.52 Å². The predicted molar refractivity (Wildman–Crippen MR) is 79.8 cm³/mol. The highest BCUT2D eigenvalue weighted by Crippen LogP contribution is 2.10. The minimum atomic E-state index is -0.201. The van der Waals surface area contributed by atoms with Crippen LogP contribution in [0, 0.1) is 25.7 Å². The Morgan fingerprint density at radius 1 is 1.29 bits per heavy atom. The van der Waals surface area contributed by atoms with Gasteiger partial charge in [0.05, 0.1) is 6.54 Å². The molecule has 0 bridgehead atoms. The van der Waals surface area contributed by atoms with E-state index in [0.29, 0.717) is 23.4 Å². The minimum Gasteiger partial charge on any atom is -0.465 e. The lowest BCUT2D eigenvalue weighted by molar-refractivity contribution is 0.0947. The zero-order chi connectivity index (χ0) is 15.2. The number of carbonyl (C=O) groups is 1. The molecule has 0 spiro atoms. The van der Waals surface area contributed by atoms with Crippen molar-refractivity contribution in [3.63, 3.8) is 0 Å². The van der Waals surface area contributed by atoms with Crippen LogP contribution in [0.15, 0.2) is 34.7 Å². The minimum absolute atomic E-state index is 0.181. The third-order valence-electron chi connectivity index (χ3n) is 2.87. The van der Waals surface area contributed by atoms with Crippen molar-refractivity contribution < 1.29 is 14.3 Å². The first-order valence-electron chi connectivity index (χ1n) is 6.63. The summed E-state index contributed by atoms with van der Waals surface area (Å²) in [5, 5.41) is 11.5. The summed E-state index contributed by atoms with van der Waals surface area (Å²) in [4.78, 5) is 12.2. The maximum absolute atomic E-state index is 12.2. The molecule has 2 rings (SSSR count). The molecule has 0 fully saturated rings. The molecule has 0 unspecified atom stereocenters. The first-order valence-corrected chi connectivity index (χ1v) is 6.63. The zero-order valence-corrected chi connectivity index (χ0v) is 12.1. The molecule has 4 nitrogen and oxygen atoms in total. The predicted octanol–water partition coefficient (Wildman–Crippen LogP) is 2.17. The second-order valence-corrected chi connectivity index (χ2v) is 4.74. The van der Waals surface area contributed by atoms with Crippen LogP contribution < -0.4 is 5.32 Å². The fourth-order valence-corrected chi connectivity index (χ4v) is 1.98. The van der Waals surface area contributed by atoms with Gasteiger partial charge in [-0.3, -0.25) is 4.79 Å². The summed E-state index contributed by atoms with van der Waals surface area (Å²) >= 11 is 0. The molecule has 2 aromatic rings. The number of benzene rings is 1. The molecular formula is C17H17NO3. The van der Waals surface area contributed by atoms with Crippen LogP contribution >= 0.6 is 0 Å². The molecule has 2 N–H and O–H groups in total. The van der Waals surface area contributed by atoms with E-state index >= 15 is 0 Å². The number of furan rings is 1. The molecular weight excluding hydrogens is 266 g/mol. The van der Waals surface area contributed by atoms with Crippen LogP contribution in [0.4, 0.5) is 0 Å². The normalized spacial score (nSPS) is 9.86. The Kier molecular flexibility index (Phi) is 4.81. The quantitative estimate of drug-likeness (QED) is 0.849. The van der Waals surface area contributed by atoms with Crippen molar-refractivity contribution in [1.29, 1.82) is 0 Å². The van der Waals surface area contributed by atoms with Crippen molar-refractivity contribution in [2.75, 3.05) is 6.61 Å². The van der Waals surface area contributed by atoms with Gasteiger partial charge in [-0.2, -0.15) is 0 Å². The SMILES string of the molecule is Cc1cc(C#CCO)cc(C(=O)NCc2ccc(C)o2)c1. The summed E-state index contributed by atoms with van der Waals surface area (Å²) in [5.74, 6) is 6.74. The molecule has 21 heavy (non-hydrogen) atoms. The molecule has 4 heteroatoms. The topological polar surface area (TPSA) is 62.5 Å². The smallest absolute Gasteiger partial charge is 0.251 e. The Hall–Kier alpha value is -2.51. The lowest BCUT2D eigenvalue weighted by atomic mass is 10.1. The summed E-state index contributed by atoms with van der Waals surface area (Å²) in [5.41, 5.74) is 2.20. The second kappa shape index (κ2) is 6.78. The van der Waals surface area contributed by atoms with Crippen molar-refractivity contribution >= 4 is 5.91 Å². The van der Waals surface area contributed by atoms with E-state index in [0.717, 1.165) is 11.3 Å². The standard InChI is InChI=1S/C17H17NO3/c1-12-8-14(4-3-7-19)10-15(9-12)17(20)18-11-16-6-5-13(2)21-16/h5-6,8-10,19H,7,11H2,1-2H3,(H,18,20). The van der Waals surface area contributed by atoms with Crippen LogP contribution in [0.25, 0.3) is 0 Å². The summed E-state index contributed by atoms with van der Waals surface area (Å²) in [6, 6.07) is 9.07. The Morgan fingerprint density at radius 2 is 2.10 bits per heavy atom. The van der Waals surface area contributed by atoms with Crippen LogP contribution in [0.3, 0.4) is 0 Å². The van der Waals surface area contributed by atoms with Gasteiger partial charge in [0.15, 0.2) is 0 Å². The highest BCUT2D eigenvalue weighted by molar-refractivity contribution is 5.94. The van der Waals surface area contributed by atoms with Gasteiger partial charge in [0, 0.05) is 11.1 Å². The molecule has 0 aliphatic heterocycles. The van der Waals surface area contributed by atoms with E-state index in [2.05, 4.69) is 17.2 Å². The maximum Gasteiger partial charge on any atom is 0.251 e. The number of rotatable bonds is 3. The summed E-state index contributed by atoms with van der Waals surface area (Å²) in [6.07, 6.45) is 0. The third-order valence-corrected chi connectivity index (χ3v) is 2.87. The molecule has 0 radical (unpaired) electrons. The molecule has 0 aliphatic carbocycles. The van der Waals surface area contributed by atoms with Crippen LogP contribution in [-0.4, -0.2) is 17.6 Å². The number of hydrogen-bond acceptors (Lipinski definition) is 3. The molecule has 0 atom stereocenters. The van der Waals surface area contributed by atoms with E-state index in [9.17, 15) is 4.79 Å². The lowest BCUT2D eigenvalue weighted by Crippen LogP contribution is -2.22. The fourth-order valence-electron chi connectivity index (χ4n) is 1.98. The lowest BCUT2D eigenvalue weighted by Gasteiger charge is -2.05. The van der Waals surface area contributed by atoms with Crippen molar-refractivity contribution in [2.45, 2.75) is 20.4 Å². The van der Waals surface area contributed by atoms with Crippen molar-refractivity contribution in [3.05, 3.63) is 58.5 Å². The Bertz CT molecular complexity index is 704. The van der Waals surface area contributed by atoms with E-state index < -0.39 is 0 Å². The Balaban J connectivity index is 2.09. The van der Waals surface area contributed by atoms with Gasteiger partial charge in [-0.05, 0) is 49.7 Å². The van der Waals surface area contributed by atoms with Crippen molar-refractivity contribution in [3.8, 4) is 11.8 Å². The van der Waals surface area contributed by atoms with Crippen LogP contribution in [-0.2, 0) is 6.54 Å². The number of aliphatic hydroxyl groups excluding tert-OH is 1. The van der Waals surface area contributed by atoms with Crippen molar-refractivity contribution in [2.24, 2.45) is 0 Å². The summed E-state index contributed by atoms with van der Waals surface area (Å²) in [7, 11) is 0. The van der Waals surface area contributed by atoms with Gasteiger partial charge in [-0.1, -0.05) is 11.8 Å². The number of carbonyl (C=O) groups excluding carboxylic acids is 1. The molecule has 1 aromatic heterocycles. The fraction of sp³-hybridized carbons (Fsp3) is 0.235. The second-order valence-electron chi connectivity index (χ2n) is 4.74. The number of aryl methyl sites for hydroxylation is 2. The van der Waals surface area contributed by atoms with Crippen LogP contribution in [0.5, 0.6) is 0 Å². The molecule has 0 aliphatic rings. The van der Waals surface area contributed by atoms with Gasteiger partial charge in [-0.15, -0.1) is 0 Å². The molecule has 0 saturated heterocycles. The molecule has 0 saturated carbocycles. The van der Waals surface area contributed by atoms with Gasteiger partial charge in [0.25, 0.3) is 5.91 Å². The van der Waals surface area contributed by atoms with Gasteiger partial charge < -0.3 is 14.8 Å². The van der Waals surface area contributed by atoms with Gasteiger partial charge >= 0.3 is 0 Å². The van der Waals surface area contributed by atoms with Crippen LogP contribution in [0.2, 0.25) is 0 Å². The first-order chi connectivity index (χ1) is 10.1. The maximum atomic E-state index is 12.2. The zero-order valence-electron chi connectivity index (χ0n) is 12.1. The largest absolute Gasteiger partial charge is 0.465 e. The Labute approximate surface area is 123 Å². The molecule has 1 amide bonds. The Morgan fingerprint density at radius 3 is 2.76 bits per heavy atom. The summed E-state index contributed by atoms with van der Waals surface area (Å²) < 4.78 is 5.41. The molecule has 1 heterocycles. The van der Waals surface area contributed by atoms with Gasteiger partial charge in [-0.25, -0.2) is 0 Å². The molecule has 1 aromatic carbocycles.